The zero-order valence-electron chi connectivity index (χ0n) is 14.5. The second kappa shape index (κ2) is 6.61. The maximum atomic E-state index is 4.63. The van der Waals surface area contributed by atoms with E-state index in [1.807, 2.05) is 11.7 Å². The summed E-state index contributed by atoms with van der Waals surface area (Å²) in [5.41, 5.74) is 2.57. The lowest BCUT2D eigenvalue weighted by Crippen LogP contribution is -2.37. The molecular weight excluding hydrogens is 248 g/mol. The van der Waals surface area contributed by atoms with Gasteiger partial charge in [-0.2, -0.15) is 5.10 Å². The summed E-state index contributed by atoms with van der Waals surface area (Å²) in [4.78, 5) is 2.46. The molecule has 0 saturated heterocycles. The Balaban J connectivity index is 3.10. The molecule has 1 rings (SSSR count). The molecular formula is C16H32N4. The summed E-state index contributed by atoms with van der Waals surface area (Å²) in [6, 6.07) is 0.484. The van der Waals surface area contributed by atoms with E-state index in [0.717, 1.165) is 25.2 Å². The van der Waals surface area contributed by atoms with Crippen molar-refractivity contribution in [1.29, 1.82) is 0 Å². The average Bonchev–Trinajstić information content (AvgIpc) is 2.57. The van der Waals surface area contributed by atoms with E-state index >= 15 is 0 Å². The number of aromatic nitrogens is 2. The number of anilines is 1. The first-order valence-corrected chi connectivity index (χ1v) is 7.71. The van der Waals surface area contributed by atoms with Crippen molar-refractivity contribution in [3.05, 3.63) is 11.3 Å². The van der Waals surface area contributed by atoms with Crippen LogP contribution in [-0.2, 0) is 13.6 Å². The zero-order valence-corrected chi connectivity index (χ0v) is 14.5. The van der Waals surface area contributed by atoms with Crippen LogP contribution in [0.4, 0.5) is 5.82 Å². The lowest BCUT2D eigenvalue weighted by Gasteiger charge is -2.30. The lowest BCUT2D eigenvalue weighted by molar-refractivity contribution is 0.423. The molecule has 0 fully saturated rings. The van der Waals surface area contributed by atoms with Gasteiger partial charge in [-0.1, -0.05) is 6.92 Å². The topological polar surface area (TPSA) is 33.1 Å². The van der Waals surface area contributed by atoms with Crippen molar-refractivity contribution in [1.82, 2.24) is 15.1 Å². The van der Waals surface area contributed by atoms with Gasteiger partial charge in [0.15, 0.2) is 0 Å². The van der Waals surface area contributed by atoms with Crippen LogP contribution in [-0.4, -0.2) is 27.9 Å². The number of rotatable bonds is 6. The van der Waals surface area contributed by atoms with Gasteiger partial charge < -0.3 is 10.2 Å². The molecule has 0 unspecified atom stereocenters. The van der Waals surface area contributed by atoms with Gasteiger partial charge in [0.2, 0.25) is 0 Å². The maximum absolute atomic E-state index is 4.63. The molecule has 0 atom stereocenters. The van der Waals surface area contributed by atoms with E-state index in [0.29, 0.717) is 6.04 Å². The molecule has 0 bridgehead atoms. The molecule has 1 N–H and O–H groups in total. The minimum Gasteiger partial charge on any atom is -0.354 e. The third-order valence-electron chi connectivity index (χ3n) is 3.47. The highest BCUT2D eigenvalue weighted by molar-refractivity contribution is 5.51. The van der Waals surface area contributed by atoms with E-state index < -0.39 is 0 Å². The van der Waals surface area contributed by atoms with Crippen LogP contribution < -0.4 is 10.2 Å². The molecule has 20 heavy (non-hydrogen) atoms. The monoisotopic (exact) mass is 280 g/mol. The van der Waals surface area contributed by atoms with Gasteiger partial charge in [0.1, 0.15) is 5.82 Å². The molecule has 0 aliphatic rings. The van der Waals surface area contributed by atoms with Crippen molar-refractivity contribution in [3.63, 3.8) is 0 Å². The smallest absolute Gasteiger partial charge is 0.131 e. The molecule has 4 nitrogen and oxygen atoms in total. The van der Waals surface area contributed by atoms with Crippen molar-refractivity contribution < 1.29 is 0 Å². The standard InChI is InChI=1S/C16H32N4/c1-9-10-20(12(2)3)15-14(11-17-16(5,6)7)13(4)18-19(15)8/h12,17H,9-11H2,1-8H3. The van der Waals surface area contributed by atoms with E-state index in [1.165, 1.54) is 11.4 Å². The van der Waals surface area contributed by atoms with Gasteiger partial charge in [-0.3, -0.25) is 4.68 Å². The Hall–Kier alpha value is -1.03. The highest BCUT2D eigenvalue weighted by Crippen LogP contribution is 2.25. The average molecular weight is 280 g/mol. The van der Waals surface area contributed by atoms with Crippen molar-refractivity contribution >= 4 is 5.82 Å². The fraction of sp³-hybridized carbons (Fsp3) is 0.812. The van der Waals surface area contributed by atoms with Crippen LogP contribution in [0.25, 0.3) is 0 Å². The van der Waals surface area contributed by atoms with E-state index in [2.05, 4.69) is 63.8 Å². The van der Waals surface area contributed by atoms with Crippen LogP contribution in [0.1, 0.15) is 59.2 Å². The van der Waals surface area contributed by atoms with Crippen LogP contribution in [0.5, 0.6) is 0 Å². The minimum absolute atomic E-state index is 0.118. The lowest BCUT2D eigenvalue weighted by atomic mass is 10.1. The summed E-state index contributed by atoms with van der Waals surface area (Å²) in [5, 5.41) is 8.22. The number of hydrogen-bond acceptors (Lipinski definition) is 3. The van der Waals surface area contributed by atoms with Gasteiger partial charge in [0.05, 0.1) is 5.69 Å². The summed E-state index contributed by atoms with van der Waals surface area (Å²) >= 11 is 0. The molecule has 1 aromatic heterocycles. The van der Waals surface area contributed by atoms with Crippen LogP contribution in [0.15, 0.2) is 0 Å². The van der Waals surface area contributed by atoms with Crippen molar-refractivity contribution in [2.24, 2.45) is 7.05 Å². The Bertz CT molecular complexity index is 426. The summed E-state index contributed by atoms with van der Waals surface area (Å²) in [7, 11) is 2.05. The molecule has 0 spiro atoms. The van der Waals surface area contributed by atoms with E-state index in [-0.39, 0.29) is 5.54 Å². The fourth-order valence-electron chi connectivity index (χ4n) is 2.46. The Kier molecular flexibility index (Phi) is 5.63. The molecule has 116 valence electrons. The quantitative estimate of drug-likeness (QED) is 0.868. The van der Waals surface area contributed by atoms with Crippen LogP contribution >= 0.6 is 0 Å². The van der Waals surface area contributed by atoms with Crippen molar-refractivity contribution in [3.8, 4) is 0 Å². The predicted octanol–water partition coefficient (Wildman–Crippen LogP) is 3.24. The van der Waals surface area contributed by atoms with Crippen molar-refractivity contribution in [2.75, 3.05) is 11.4 Å². The second-order valence-electron chi connectivity index (χ2n) is 6.90. The van der Waals surface area contributed by atoms with E-state index in [4.69, 9.17) is 0 Å². The van der Waals surface area contributed by atoms with Crippen LogP contribution in [0.3, 0.4) is 0 Å². The first-order chi connectivity index (χ1) is 9.17. The first kappa shape index (κ1) is 17.0. The highest BCUT2D eigenvalue weighted by atomic mass is 15.4. The van der Waals surface area contributed by atoms with Crippen LogP contribution in [0, 0.1) is 6.92 Å². The Morgan fingerprint density at radius 3 is 2.35 bits per heavy atom. The van der Waals surface area contributed by atoms with Crippen molar-refractivity contribution in [2.45, 2.75) is 73.0 Å². The van der Waals surface area contributed by atoms with Gasteiger partial charge in [0, 0.05) is 37.3 Å². The van der Waals surface area contributed by atoms with E-state index in [1.54, 1.807) is 0 Å². The Morgan fingerprint density at radius 2 is 1.90 bits per heavy atom. The zero-order chi connectivity index (χ0) is 15.5. The van der Waals surface area contributed by atoms with Gasteiger partial charge in [-0.15, -0.1) is 0 Å². The molecule has 0 aromatic carbocycles. The summed E-state index contributed by atoms with van der Waals surface area (Å²) in [5.74, 6) is 1.26. The molecule has 0 amide bonds. The minimum atomic E-state index is 0.118. The molecule has 0 aliphatic heterocycles. The van der Waals surface area contributed by atoms with Gasteiger partial charge in [-0.05, 0) is 48.0 Å². The Labute approximate surface area is 124 Å². The summed E-state index contributed by atoms with van der Waals surface area (Å²) in [6.45, 7) is 17.4. The number of hydrogen-bond donors (Lipinski definition) is 1. The van der Waals surface area contributed by atoms with Crippen LogP contribution in [0.2, 0.25) is 0 Å². The molecule has 0 radical (unpaired) electrons. The largest absolute Gasteiger partial charge is 0.354 e. The molecule has 1 aromatic rings. The predicted molar refractivity (Wildman–Crippen MR) is 87.3 cm³/mol. The number of aryl methyl sites for hydroxylation is 2. The summed E-state index contributed by atoms with van der Waals surface area (Å²) in [6.07, 6.45) is 1.15. The number of nitrogens with zero attached hydrogens (tertiary/aromatic N) is 3. The first-order valence-electron chi connectivity index (χ1n) is 7.71. The molecule has 0 saturated carbocycles. The van der Waals surface area contributed by atoms with E-state index in [9.17, 15) is 0 Å². The molecule has 1 heterocycles. The third kappa shape index (κ3) is 4.23. The normalized spacial score (nSPS) is 12.2. The maximum Gasteiger partial charge on any atom is 0.131 e. The Morgan fingerprint density at radius 1 is 1.30 bits per heavy atom. The SMILES string of the molecule is CCCN(c1c(CNC(C)(C)C)c(C)nn1C)C(C)C. The highest BCUT2D eigenvalue weighted by Gasteiger charge is 2.22. The molecule has 0 aliphatic carbocycles. The molecule has 4 heteroatoms. The van der Waals surface area contributed by atoms with Gasteiger partial charge >= 0.3 is 0 Å². The second-order valence-corrected chi connectivity index (χ2v) is 6.90. The summed E-state index contributed by atoms with van der Waals surface area (Å²) < 4.78 is 2.03. The number of nitrogens with one attached hydrogen (secondary N) is 1. The van der Waals surface area contributed by atoms with Gasteiger partial charge in [-0.25, -0.2) is 0 Å². The van der Waals surface area contributed by atoms with Gasteiger partial charge in [0.25, 0.3) is 0 Å². The fourth-order valence-corrected chi connectivity index (χ4v) is 2.46. The third-order valence-corrected chi connectivity index (χ3v) is 3.47.